The standard InChI is InChI=1S/C14H19FO/c1-9(2)12-6-7-13(15)14(8-12)16-10(3)11-4-5-11/h6-11H,4-5H2,1-3H3/t10-/m1/s1. The molecule has 0 aliphatic heterocycles. The maximum absolute atomic E-state index is 13.6. The number of benzene rings is 1. The van der Waals surface area contributed by atoms with E-state index in [-0.39, 0.29) is 11.9 Å². The fourth-order valence-electron chi connectivity index (χ4n) is 1.83. The molecule has 1 aromatic rings. The molecule has 1 aliphatic rings. The van der Waals surface area contributed by atoms with Gasteiger partial charge in [0.25, 0.3) is 0 Å². The van der Waals surface area contributed by atoms with Crippen molar-refractivity contribution in [3.8, 4) is 5.75 Å². The van der Waals surface area contributed by atoms with Crippen LogP contribution >= 0.6 is 0 Å². The third-order valence-corrected chi connectivity index (χ3v) is 3.22. The summed E-state index contributed by atoms with van der Waals surface area (Å²) >= 11 is 0. The molecule has 0 radical (unpaired) electrons. The first-order chi connectivity index (χ1) is 7.58. The molecule has 1 atom stereocenters. The van der Waals surface area contributed by atoms with Gasteiger partial charge in [-0.05, 0) is 49.3 Å². The zero-order chi connectivity index (χ0) is 11.7. The van der Waals surface area contributed by atoms with Crippen LogP contribution < -0.4 is 4.74 Å². The molecule has 0 heterocycles. The van der Waals surface area contributed by atoms with Crippen LogP contribution in [0.5, 0.6) is 5.75 Å². The second-order valence-electron chi connectivity index (χ2n) is 5.00. The molecule has 0 saturated heterocycles. The molecule has 0 N–H and O–H groups in total. The number of rotatable bonds is 4. The van der Waals surface area contributed by atoms with Gasteiger partial charge in [-0.2, -0.15) is 0 Å². The van der Waals surface area contributed by atoms with E-state index in [0.717, 1.165) is 5.56 Å². The van der Waals surface area contributed by atoms with E-state index in [9.17, 15) is 4.39 Å². The maximum Gasteiger partial charge on any atom is 0.165 e. The highest BCUT2D eigenvalue weighted by Crippen LogP contribution is 2.35. The Morgan fingerprint density at radius 1 is 1.25 bits per heavy atom. The van der Waals surface area contributed by atoms with Crippen LogP contribution in [0.2, 0.25) is 0 Å². The highest BCUT2D eigenvalue weighted by molar-refractivity contribution is 5.32. The summed E-state index contributed by atoms with van der Waals surface area (Å²) in [6, 6.07) is 5.16. The van der Waals surface area contributed by atoms with Crippen molar-refractivity contribution in [3.63, 3.8) is 0 Å². The zero-order valence-corrected chi connectivity index (χ0v) is 10.2. The van der Waals surface area contributed by atoms with Crippen LogP contribution in [0.1, 0.15) is 45.1 Å². The quantitative estimate of drug-likeness (QED) is 0.744. The highest BCUT2D eigenvalue weighted by atomic mass is 19.1. The van der Waals surface area contributed by atoms with Crippen LogP contribution in [0.15, 0.2) is 18.2 Å². The summed E-state index contributed by atoms with van der Waals surface area (Å²) in [6.45, 7) is 6.22. The molecule has 1 saturated carbocycles. The predicted molar refractivity (Wildman–Crippen MR) is 63.3 cm³/mol. The number of hydrogen-bond donors (Lipinski definition) is 0. The summed E-state index contributed by atoms with van der Waals surface area (Å²) in [6.07, 6.45) is 2.57. The van der Waals surface area contributed by atoms with Crippen molar-refractivity contribution >= 4 is 0 Å². The fraction of sp³-hybridized carbons (Fsp3) is 0.571. The summed E-state index contributed by atoms with van der Waals surface area (Å²) < 4.78 is 19.2. The fourth-order valence-corrected chi connectivity index (χ4v) is 1.83. The first-order valence-corrected chi connectivity index (χ1v) is 6.04. The van der Waals surface area contributed by atoms with Gasteiger partial charge in [0.15, 0.2) is 11.6 Å². The van der Waals surface area contributed by atoms with E-state index in [2.05, 4.69) is 13.8 Å². The highest BCUT2D eigenvalue weighted by Gasteiger charge is 2.30. The van der Waals surface area contributed by atoms with E-state index in [4.69, 9.17) is 4.74 Å². The normalized spacial score (nSPS) is 17.6. The van der Waals surface area contributed by atoms with Crippen LogP contribution in [0.3, 0.4) is 0 Å². The Labute approximate surface area is 96.6 Å². The summed E-state index contributed by atoms with van der Waals surface area (Å²) in [7, 11) is 0. The minimum absolute atomic E-state index is 0.136. The van der Waals surface area contributed by atoms with Crippen LogP contribution in [0.4, 0.5) is 4.39 Å². The molecule has 1 fully saturated rings. The Morgan fingerprint density at radius 3 is 2.50 bits per heavy atom. The lowest BCUT2D eigenvalue weighted by Crippen LogP contribution is -2.15. The molecule has 1 aromatic carbocycles. The molecule has 2 heteroatoms. The Hall–Kier alpha value is -1.05. The Balaban J connectivity index is 2.14. The summed E-state index contributed by atoms with van der Waals surface area (Å²) in [4.78, 5) is 0. The summed E-state index contributed by atoms with van der Waals surface area (Å²) in [5.41, 5.74) is 1.12. The average Bonchev–Trinajstić information content (AvgIpc) is 3.04. The molecule has 1 aliphatic carbocycles. The van der Waals surface area contributed by atoms with Gasteiger partial charge < -0.3 is 4.74 Å². The SMILES string of the molecule is CC(C)c1ccc(F)c(O[C@H](C)C2CC2)c1. The Bertz CT molecular complexity index is 369. The van der Waals surface area contributed by atoms with Crippen LogP contribution in [-0.4, -0.2) is 6.10 Å². The van der Waals surface area contributed by atoms with Crippen LogP contribution in [0, 0.1) is 11.7 Å². The average molecular weight is 222 g/mol. The van der Waals surface area contributed by atoms with Crippen LogP contribution in [0.25, 0.3) is 0 Å². The molecule has 0 unspecified atom stereocenters. The van der Waals surface area contributed by atoms with E-state index in [1.807, 2.05) is 19.1 Å². The number of ether oxygens (including phenoxy) is 1. The van der Waals surface area contributed by atoms with E-state index < -0.39 is 0 Å². The van der Waals surface area contributed by atoms with E-state index in [1.54, 1.807) is 0 Å². The van der Waals surface area contributed by atoms with Crippen molar-refractivity contribution < 1.29 is 9.13 Å². The van der Waals surface area contributed by atoms with Crippen LogP contribution in [-0.2, 0) is 0 Å². The predicted octanol–water partition coefficient (Wildman–Crippen LogP) is 4.13. The minimum Gasteiger partial charge on any atom is -0.487 e. The van der Waals surface area contributed by atoms with Crippen molar-refractivity contribution in [2.45, 2.75) is 45.6 Å². The molecule has 2 rings (SSSR count). The number of halogens is 1. The molecule has 0 amide bonds. The largest absolute Gasteiger partial charge is 0.487 e. The van der Waals surface area contributed by atoms with Crippen molar-refractivity contribution in [3.05, 3.63) is 29.6 Å². The van der Waals surface area contributed by atoms with E-state index in [1.165, 1.54) is 18.9 Å². The van der Waals surface area contributed by atoms with Gasteiger partial charge >= 0.3 is 0 Å². The Kier molecular flexibility index (Phi) is 3.17. The second kappa shape index (κ2) is 4.44. The molecule has 1 nitrogen and oxygen atoms in total. The van der Waals surface area contributed by atoms with Crippen molar-refractivity contribution in [1.29, 1.82) is 0 Å². The van der Waals surface area contributed by atoms with Gasteiger partial charge in [-0.15, -0.1) is 0 Å². The lowest BCUT2D eigenvalue weighted by atomic mass is 10.0. The van der Waals surface area contributed by atoms with Gasteiger partial charge in [-0.1, -0.05) is 19.9 Å². The van der Waals surface area contributed by atoms with Crippen molar-refractivity contribution in [2.24, 2.45) is 5.92 Å². The van der Waals surface area contributed by atoms with Gasteiger partial charge in [0, 0.05) is 0 Å². The molecule has 88 valence electrons. The molecule has 0 spiro atoms. The van der Waals surface area contributed by atoms with Gasteiger partial charge in [-0.3, -0.25) is 0 Å². The molecule has 16 heavy (non-hydrogen) atoms. The monoisotopic (exact) mass is 222 g/mol. The first-order valence-electron chi connectivity index (χ1n) is 6.04. The summed E-state index contributed by atoms with van der Waals surface area (Å²) in [5.74, 6) is 1.18. The van der Waals surface area contributed by atoms with Gasteiger partial charge in [0.2, 0.25) is 0 Å². The van der Waals surface area contributed by atoms with Crippen molar-refractivity contribution in [2.75, 3.05) is 0 Å². The first kappa shape index (κ1) is 11.4. The topological polar surface area (TPSA) is 9.23 Å². The lowest BCUT2D eigenvalue weighted by molar-refractivity contribution is 0.189. The minimum atomic E-state index is -0.253. The molecule has 0 bridgehead atoms. The Morgan fingerprint density at radius 2 is 1.94 bits per heavy atom. The third-order valence-electron chi connectivity index (χ3n) is 3.22. The molecular weight excluding hydrogens is 203 g/mol. The zero-order valence-electron chi connectivity index (χ0n) is 10.2. The summed E-state index contributed by atoms with van der Waals surface area (Å²) in [5, 5.41) is 0. The van der Waals surface area contributed by atoms with Gasteiger partial charge in [-0.25, -0.2) is 4.39 Å². The van der Waals surface area contributed by atoms with Gasteiger partial charge in [0.1, 0.15) is 0 Å². The smallest absolute Gasteiger partial charge is 0.165 e. The lowest BCUT2D eigenvalue weighted by Gasteiger charge is -2.16. The maximum atomic E-state index is 13.6. The molecular formula is C14H19FO. The van der Waals surface area contributed by atoms with E-state index >= 15 is 0 Å². The van der Waals surface area contributed by atoms with Gasteiger partial charge in [0.05, 0.1) is 6.10 Å². The second-order valence-corrected chi connectivity index (χ2v) is 5.00. The molecule has 0 aromatic heterocycles. The van der Waals surface area contributed by atoms with Crippen molar-refractivity contribution in [1.82, 2.24) is 0 Å². The third kappa shape index (κ3) is 2.55. The van der Waals surface area contributed by atoms with E-state index in [0.29, 0.717) is 17.6 Å². The number of hydrogen-bond acceptors (Lipinski definition) is 1.